The molecule has 1 aliphatic heterocycles. The van der Waals surface area contributed by atoms with Gasteiger partial charge in [-0.3, -0.25) is 4.90 Å². The minimum Gasteiger partial charge on any atom is -0.383 e. The van der Waals surface area contributed by atoms with E-state index in [-0.39, 0.29) is 0 Å². The van der Waals surface area contributed by atoms with Crippen LogP contribution in [0.15, 0.2) is 0 Å². The first-order chi connectivity index (χ1) is 8.24. The van der Waals surface area contributed by atoms with Crippen LogP contribution in [0.4, 0.5) is 0 Å². The van der Waals surface area contributed by atoms with Crippen LogP contribution < -0.4 is 5.32 Å². The maximum Gasteiger partial charge on any atom is 0.0615 e. The molecule has 0 aromatic rings. The molecule has 1 saturated carbocycles. The molecule has 2 fully saturated rings. The van der Waals surface area contributed by atoms with E-state index >= 15 is 0 Å². The molecule has 0 spiro atoms. The number of ether oxygens (including phenoxy) is 1. The van der Waals surface area contributed by atoms with E-state index in [1.54, 1.807) is 7.11 Å². The molecule has 1 saturated heterocycles. The molecule has 3 unspecified atom stereocenters. The number of methoxy groups -OCH3 is 1. The molecular formula is C14H28N2O. The zero-order valence-corrected chi connectivity index (χ0v) is 11.6. The van der Waals surface area contributed by atoms with Crippen molar-refractivity contribution in [2.75, 3.05) is 20.3 Å². The Bertz CT molecular complexity index is 224. The lowest BCUT2D eigenvalue weighted by Crippen LogP contribution is -2.42. The van der Waals surface area contributed by atoms with Crippen LogP contribution in [0.25, 0.3) is 0 Å². The summed E-state index contributed by atoms with van der Waals surface area (Å²) in [6.07, 6.45) is 6.61. The Balaban J connectivity index is 1.77. The molecule has 1 aliphatic carbocycles. The van der Waals surface area contributed by atoms with E-state index in [1.807, 2.05) is 0 Å². The third-order valence-electron chi connectivity index (χ3n) is 4.12. The van der Waals surface area contributed by atoms with E-state index in [2.05, 4.69) is 24.1 Å². The standard InChI is InChI=1S/C14H28N2O/c1-4-5-12(10-17-3)15-13-8-11(2)16(9-13)14-6-7-14/h11-15H,4-10H2,1-3H3. The van der Waals surface area contributed by atoms with Crippen LogP contribution in [0, 0.1) is 0 Å². The normalized spacial score (nSPS) is 31.9. The van der Waals surface area contributed by atoms with Gasteiger partial charge in [0.1, 0.15) is 0 Å². The lowest BCUT2D eigenvalue weighted by molar-refractivity contribution is 0.155. The Morgan fingerprint density at radius 3 is 2.76 bits per heavy atom. The summed E-state index contributed by atoms with van der Waals surface area (Å²) >= 11 is 0. The van der Waals surface area contributed by atoms with Crippen LogP contribution in [0.3, 0.4) is 0 Å². The second-order valence-corrected chi connectivity index (χ2v) is 5.82. The Labute approximate surface area is 106 Å². The quantitative estimate of drug-likeness (QED) is 0.737. The van der Waals surface area contributed by atoms with Gasteiger partial charge in [0.25, 0.3) is 0 Å². The summed E-state index contributed by atoms with van der Waals surface area (Å²) in [6, 6.07) is 2.90. The maximum atomic E-state index is 5.30. The average molecular weight is 240 g/mol. The van der Waals surface area contributed by atoms with Gasteiger partial charge in [-0.05, 0) is 32.6 Å². The van der Waals surface area contributed by atoms with Crippen molar-refractivity contribution in [3.8, 4) is 0 Å². The molecule has 0 amide bonds. The predicted octanol–water partition coefficient (Wildman–Crippen LogP) is 2.02. The minimum absolute atomic E-state index is 0.543. The SMILES string of the molecule is CCCC(COC)NC1CC(C)N(C2CC2)C1. The number of rotatable bonds is 7. The molecule has 0 aromatic carbocycles. The third-order valence-corrected chi connectivity index (χ3v) is 4.12. The highest BCUT2D eigenvalue weighted by Gasteiger charge is 2.38. The molecule has 2 aliphatic rings. The van der Waals surface area contributed by atoms with Crippen LogP contribution in [-0.4, -0.2) is 49.3 Å². The van der Waals surface area contributed by atoms with Crippen molar-refractivity contribution in [3.63, 3.8) is 0 Å². The third kappa shape index (κ3) is 3.67. The van der Waals surface area contributed by atoms with E-state index < -0.39 is 0 Å². The van der Waals surface area contributed by atoms with Crippen LogP contribution in [-0.2, 0) is 4.74 Å². The van der Waals surface area contributed by atoms with Gasteiger partial charge in [-0.15, -0.1) is 0 Å². The average Bonchev–Trinajstić information content (AvgIpc) is 3.05. The molecule has 0 radical (unpaired) electrons. The molecule has 3 heteroatoms. The second kappa shape index (κ2) is 6.17. The van der Waals surface area contributed by atoms with Crippen LogP contribution >= 0.6 is 0 Å². The molecule has 3 atom stereocenters. The summed E-state index contributed by atoms with van der Waals surface area (Å²) in [5.74, 6) is 0. The maximum absolute atomic E-state index is 5.30. The van der Waals surface area contributed by atoms with Gasteiger partial charge >= 0.3 is 0 Å². The Morgan fingerprint density at radius 2 is 2.18 bits per heavy atom. The Morgan fingerprint density at radius 1 is 1.41 bits per heavy atom. The van der Waals surface area contributed by atoms with Gasteiger partial charge in [0.15, 0.2) is 0 Å². The van der Waals surface area contributed by atoms with Gasteiger partial charge in [0, 0.05) is 37.8 Å². The van der Waals surface area contributed by atoms with Gasteiger partial charge in [-0.25, -0.2) is 0 Å². The molecule has 100 valence electrons. The first-order valence-corrected chi connectivity index (χ1v) is 7.25. The minimum atomic E-state index is 0.543. The number of hydrogen-bond acceptors (Lipinski definition) is 3. The van der Waals surface area contributed by atoms with Crippen LogP contribution in [0.5, 0.6) is 0 Å². The molecule has 17 heavy (non-hydrogen) atoms. The lowest BCUT2D eigenvalue weighted by atomic mass is 10.1. The van der Waals surface area contributed by atoms with E-state index in [0.717, 1.165) is 18.7 Å². The lowest BCUT2D eigenvalue weighted by Gasteiger charge is -2.22. The smallest absolute Gasteiger partial charge is 0.0615 e. The van der Waals surface area contributed by atoms with Crippen molar-refractivity contribution in [1.29, 1.82) is 0 Å². The van der Waals surface area contributed by atoms with E-state index in [9.17, 15) is 0 Å². The van der Waals surface area contributed by atoms with Crippen LogP contribution in [0.2, 0.25) is 0 Å². The number of nitrogens with zero attached hydrogens (tertiary/aromatic N) is 1. The van der Waals surface area contributed by atoms with E-state index in [0.29, 0.717) is 12.1 Å². The second-order valence-electron chi connectivity index (χ2n) is 5.82. The summed E-state index contributed by atoms with van der Waals surface area (Å²) in [5.41, 5.74) is 0. The highest BCUT2D eigenvalue weighted by molar-refractivity contribution is 4.96. The molecule has 2 rings (SSSR count). The van der Waals surface area contributed by atoms with Crippen LogP contribution in [0.1, 0.15) is 46.0 Å². The first kappa shape index (κ1) is 13.3. The summed E-state index contributed by atoms with van der Waals surface area (Å²) in [5, 5.41) is 3.79. The van der Waals surface area contributed by atoms with E-state index in [1.165, 1.54) is 38.6 Å². The number of likely N-dealkylation sites (tertiary alicyclic amines) is 1. The Kier molecular flexibility index (Phi) is 4.83. The van der Waals surface area contributed by atoms with Crippen molar-refractivity contribution < 1.29 is 4.74 Å². The monoisotopic (exact) mass is 240 g/mol. The molecule has 0 aromatic heterocycles. The zero-order valence-electron chi connectivity index (χ0n) is 11.6. The van der Waals surface area contributed by atoms with Crippen molar-refractivity contribution in [3.05, 3.63) is 0 Å². The highest BCUT2D eigenvalue weighted by atomic mass is 16.5. The number of hydrogen-bond donors (Lipinski definition) is 1. The molecule has 1 heterocycles. The fourth-order valence-corrected chi connectivity index (χ4v) is 3.19. The zero-order chi connectivity index (χ0) is 12.3. The van der Waals surface area contributed by atoms with E-state index in [4.69, 9.17) is 4.74 Å². The molecular weight excluding hydrogens is 212 g/mol. The summed E-state index contributed by atoms with van der Waals surface area (Å²) in [6.45, 7) is 6.72. The van der Waals surface area contributed by atoms with Gasteiger partial charge < -0.3 is 10.1 Å². The van der Waals surface area contributed by atoms with Crippen molar-refractivity contribution in [2.45, 2.75) is 70.1 Å². The van der Waals surface area contributed by atoms with Gasteiger partial charge in [0.2, 0.25) is 0 Å². The molecule has 3 nitrogen and oxygen atoms in total. The highest BCUT2D eigenvalue weighted by Crippen LogP contribution is 2.33. The fraction of sp³-hybridized carbons (Fsp3) is 1.00. The summed E-state index contributed by atoms with van der Waals surface area (Å²) in [4.78, 5) is 2.70. The van der Waals surface area contributed by atoms with Crippen molar-refractivity contribution in [1.82, 2.24) is 10.2 Å². The van der Waals surface area contributed by atoms with Crippen molar-refractivity contribution >= 4 is 0 Å². The summed E-state index contributed by atoms with van der Waals surface area (Å²) in [7, 11) is 1.80. The van der Waals surface area contributed by atoms with Crippen molar-refractivity contribution in [2.24, 2.45) is 0 Å². The van der Waals surface area contributed by atoms with Gasteiger partial charge in [-0.2, -0.15) is 0 Å². The molecule has 1 N–H and O–H groups in total. The predicted molar refractivity (Wildman–Crippen MR) is 71.3 cm³/mol. The van der Waals surface area contributed by atoms with Gasteiger partial charge in [-0.1, -0.05) is 13.3 Å². The fourth-order valence-electron chi connectivity index (χ4n) is 3.19. The molecule has 0 bridgehead atoms. The topological polar surface area (TPSA) is 24.5 Å². The first-order valence-electron chi connectivity index (χ1n) is 7.25. The number of nitrogens with one attached hydrogen (secondary N) is 1. The largest absolute Gasteiger partial charge is 0.383 e. The Hall–Kier alpha value is -0.120. The van der Waals surface area contributed by atoms with Gasteiger partial charge in [0.05, 0.1) is 6.61 Å². The summed E-state index contributed by atoms with van der Waals surface area (Å²) < 4.78 is 5.30.